The predicted octanol–water partition coefficient (Wildman–Crippen LogP) is 5.02. The molecule has 168 valence electrons. The van der Waals surface area contributed by atoms with Crippen LogP contribution in [-0.2, 0) is 10.0 Å². The van der Waals surface area contributed by atoms with Gasteiger partial charge >= 0.3 is 6.03 Å². The molecule has 8 heteroatoms. The van der Waals surface area contributed by atoms with Gasteiger partial charge in [0.15, 0.2) is 0 Å². The SMILES string of the molecule is Cc1cc(C)c(S(=O)(=O)N2CCCC[C@@H]2CCNC(=O)Nc2ccc(Cl)cc2)c(C)c1. The quantitative estimate of drug-likeness (QED) is 0.631. The molecule has 1 aliphatic heterocycles. The van der Waals surface area contributed by atoms with Gasteiger partial charge in [0.1, 0.15) is 0 Å². The summed E-state index contributed by atoms with van der Waals surface area (Å²) in [5, 5.41) is 6.18. The molecule has 31 heavy (non-hydrogen) atoms. The molecule has 1 atom stereocenters. The second-order valence-electron chi connectivity index (χ2n) is 8.17. The first-order valence-corrected chi connectivity index (χ1v) is 12.4. The van der Waals surface area contributed by atoms with Crippen molar-refractivity contribution in [3.8, 4) is 0 Å². The molecule has 2 amide bonds. The standard InChI is InChI=1S/C23H30ClN3O3S/c1-16-14-17(2)22(18(3)15-16)31(29,30)27-13-5-4-6-21(27)11-12-25-23(28)26-20-9-7-19(24)8-10-20/h7-10,14-15,21H,4-6,11-13H2,1-3H3,(H2,25,26,28)/t21-/m1/s1. The summed E-state index contributed by atoms with van der Waals surface area (Å²) in [7, 11) is -3.60. The molecule has 0 spiro atoms. The van der Waals surface area contributed by atoms with Crippen molar-refractivity contribution in [1.29, 1.82) is 0 Å². The third-order valence-corrected chi connectivity index (χ3v) is 8.12. The summed E-state index contributed by atoms with van der Waals surface area (Å²) in [5.74, 6) is 0. The van der Waals surface area contributed by atoms with E-state index < -0.39 is 10.0 Å². The van der Waals surface area contributed by atoms with E-state index in [-0.39, 0.29) is 12.1 Å². The third kappa shape index (κ3) is 5.79. The van der Waals surface area contributed by atoms with Crippen LogP contribution in [0.25, 0.3) is 0 Å². The number of urea groups is 1. The van der Waals surface area contributed by atoms with Crippen LogP contribution in [0.2, 0.25) is 5.02 Å². The van der Waals surface area contributed by atoms with Crippen LogP contribution in [0.4, 0.5) is 10.5 Å². The van der Waals surface area contributed by atoms with Crippen molar-refractivity contribution in [3.63, 3.8) is 0 Å². The van der Waals surface area contributed by atoms with Crippen LogP contribution in [0.15, 0.2) is 41.3 Å². The maximum absolute atomic E-state index is 13.5. The van der Waals surface area contributed by atoms with Gasteiger partial charge in [-0.3, -0.25) is 0 Å². The van der Waals surface area contributed by atoms with Crippen LogP contribution in [0, 0.1) is 20.8 Å². The minimum absolute atomic E-state index is 0.130. The number of hydrogen-bond donors (Lipinski definition) is 2. The second kappa shape index (κ2) is 10.0. The highest BCUT2D eigenvalue weighted by molar-refractivity contribution is 7.89. The Morgan fingerprint density at radius 2 is 1.74 bits per heavy atom. The number of aryl methyl sites for hydroxylation is 3. The third-order valence-electron chi connectivity index (χ3n) is 5.61. The Labute approximate surface area is 190 Å². The smallest absolute Gasteiger partial charge is 0.319 e. The number of piperidine rings is 1. The van der Waals surface area contributed by atoms with E-state index in [0.717, 1.165) is 36.0 Å². The number of nitrogens with zero attached hydrogens (tertiary/aromatic N) is 1. The minimum Gasteiger partial charge on any atom is -0.338 e. The summed E-state index contributed by atoms with van der Waals surface area (Å²) >= 11 is 5.86. The van der Waals surface area contributed by atoms with Gasteiger partial charge in [0, 0.05) is 29.8 Å². The predicted molar refractivity (Wildman–Crippen MR) is 125 cm³/mol. The highest BCUT2D eigenvalue weighted by atomic mass is 35.5. The Balaban J connectivity index is 1.65. The Bertz CT molecular complexity index is 1020. The van der Waals surface area contributed by atoms with Crippen molar-refractivity contribution in [2.75, 3.05) is 18.4 Å². The maximum atomic E-state index is 13.5. The Morgan fingerprint density at radius 3 is 2.39 bits per heavy atom. The van der Waals surface area contributed by atoms with E-state index in [9.17, 15) is 13.2 Å². The molecule has 1 saturated heterocycles. The van der Waals surface area contributed by atoms with Gasteiger partial charge in [-0.2, -0.15) is 4.31 Å². The summed E-state index contributed by atoms with van der Waals surface area (Å²) in [4.78, 5) is 12.6. The number of rotatable bonds is 6. The molecule has 1 fully saturated rings. The van der Waals surface area contributed by atoms with E-state index in [1.807, 2.05) is 32.9 Å². The van der Waals surface area contributed by atoms with Gasteiger partial charge in [0.05, 0.1) is 4.90 Å². The van der Waals surface area contributed by atoms with E-state index in [2.05, 4.69) is 10.6 Å². The zero-order valence-electron chi connectivity index (χ0n) is 18.2. The van der Waals surface area contributed by atoms with E-state index in [0.29, 0.717) is 35.1 Å². The summed E-state index contributed by atoms with van der Waals surface area (Å²) in [6, 6.07) is 10.2. The van der Waals surface area contributed by atoms with Gasteiger partial charge in [0.25, 0.3) is 0 Å². The largest absolute Gasteiger partial charge is 0.338 e. The van der Waals surface area contributed by atoms with Crippen LogP contribution in [0.1, 0.15) is 42.4 Å². The van der Waals surface area contributed by atoms with E-state index in [4.69, 9.17) is 11.6 Å². The van der Waals surface area contributed by atoms with Crippen molar-refractivity contribution in [3.05, 3.63) is 58.1 Å². The lowest BCUT2D eigenvalue weighted by atomic mass is 10.0. The summed E-state index contributed by atoms with van der Waals surface area (Å²) in [6.07, 6.45) is 3.20. The summed E-state index contributed by atoms with van der Waals surface area (Å²) < 4.78 is 28.7. The molecular formula is C23H30ClN3O3S. The Morgan fingerprint density at radius 1 is 1.10 bits per heavy atom. The molecule has 0 unspecified atom stereocenters. The molecule has 6 nitrogen and oxygen atoms in total. The first kappa shape index (κ1) is 23.6. The number of carbonyl (C=O) groups excluding carboxylic acids is 1. The van der Waals surface area contributed by atoms with Gasteiger partial charge in [-0.25, -0.2) is 13.2 Å². The van der Waals surface area contributed by atoms with Crippen molar-refractivity contribution in [2.45, 2.75) is 57.4 Å². The average Bonchev–Trinajstić information content (AvgIpc) is 2.69. The first-order valence-electron chi connectivity index (χ1n) is 10.6. The molecule has 0 radical (unpaired) electrons. The minimum atomic E-state index is -3.60. The molecular weight excluding hydrogens is 434 g/mol. The first-order chi connectivity index (χ1) is 14.7. The normalized spacial score (nSPS) is 17.4. The average molecular weight is 464 g/mol. The van der Waals surface area contributed by atoms with Crippen molar-refractivity contribution in [2.24, 2.45) is 0 Å². The highest BCUT2D eigenvalue weighted by Crippen LogP contribution is 2.31. The van der Waals surface area contributed by atoms with E-state index in [1.165, 1.54) is 0 Å². The molecule has 0 bridgehead atoms. The van der Waals surface area contributed by atoms with Crippen LogP contribution >= 0.6 is 11.6 Å². The fourth-order valence-electron chi connectivity index (χ4n) is 4.33. The lowest BCUT2D eigenvalue weighted by Gasteiger charge is -2.35. The van der Waals surface area contributed by atoms with Crippen molar-refractivity contribution < 1.29 is 13.2 Å². The molecule has 0 aliphatic carbocycles. The number of nitrogens with one attached hydrogen (secondary N) is 2. The number of halogens is 1. The van der Waals surface area contributed by atoms with Gasteiger partial charge in [-0.15, -0.1) is 0 Å². The van der Waals surface area contributed by atoms with Crippen LogP contribution in [0.3, 0.4) is 0 Å². The Hall–Kier alpha value is -2.09. The zero-order chi connectivity index (χ0) is 22.6. The fraction of sp³-hybridized carbons (Fsp3) is 0.435. The topological polar surface area (TPSA) is 78.5 Å². The maximum Gasteiger partial charge on any atom is 0.319 e. The molecule has 2 aromatic carbocycles. The molecule has 3 rings (SSSR count). The van der Waals surface area contributed by atoms with Gasteiger partial charge in [0.2, 0.25) is 10.0 Å². The van der Waals surface area contributed by atoms with Crippen LogP contribution < -0.4 is 10.6 Å². The lowest BCUT2D eigenvalue weighted by Crippen LogP contribution is -2.45. The van der Waals surface area contributed by atoms with Crippen molar-refractivity contribution in [1.82, 2.24) is 9.62 Å². The van der Waals surface area contributed by atoms with Crippen molar-refractivity contribution >= 4 is 33.3 Å². The molecule has 1 aliphatic rings. The molecule has 1 heterocycles. The number of anilines is 1. The van der Waals surface area contributed by atoms with E-state index >= 15 is 0 Å². The van der Waals surface area contributed by atoms with Crippen LogP contribution in [0.5, 0.6) is 0 Å². The molecule has 0 saturated carbocycles. The van der Waals surface area contributed by atoms with E-state index in [1.54, 1.807) is 28.6 Å². The summed E-state index contributed by atoms with van der Waals surface area (Å²) in [5.41, 5.74) is 3.26. The number of hydrogen-bond acceptors (Lipinski definition) is 3. The lowest BCUT2D eigenvalue weighted by molar-refractivity contribution is 0.234. The number of amides is 2. The van der Waals surface area contributed by atoms with Gasteiger partial charge in [-0.05, 0) is 75.4 Å². The second-order valence-corrected chi connectivity index (χ2v) is 10.4. The number of carbonyl (C=O) groups is 1. The Kier molecular flexibility index (Phi) is 7.62. The zero-order valence-corrected chi connectivity index (χ0v) is 19.8. The highest BCUT2D eigenvalue weighted by Gasteiger charge is 2.35. The number of sulfonamides is 1. The summed E-state index contributed by atoms with van der Waals surface area (Å²) in [6.45, 7) is 6.59. The van der Waals surface area contributed by atoms with Crippen LogP contribution in [-0.4, -0.2) is 37.9 Å². The molecule has 2 N–H and O–H groups in total. The monoisotopic (exact) mass is 463 g/mol. The molecule has 2 aromatic rings. The number of benzene rings is 2. The molecule has 0 aromatic heterocycles. The van der Waals surface area contributed by atoms with Gasteiger partial charge in [-0.1, -0.05) is 35.7 Å². The van der Waals surface area contributed by atoms with Gasteiger partial charge < -0.3 is 10.6 Å². The fourth-order valence-corrected chi connectivity index (χ4v) is 6.60.